The van der Waals surface area contributed by atoms with E-state index in [4.69, 9.17) is 5.73 Å². The average Bonchev–Trinajstić information content (AvgIpc) is 2.50. The molecular weight excluding hydrogens is 281 g/mol. The molecule has 0 saturated heterocycles. The summed E-state index contributed by atoms with van der Waals surface area (Å²) in [4.78, 5) is 12.1. The van der Waals surface area contributed by atoms with Gasteiger partial charge >= 0.3 is 6.03 Å². The fourth-order valence-corrected chi connectivity index (χ4v) is 2.26. The van der Waals surface area contributed by atoms with E-state index in [1.807, 2.05) is 42.5 Å². The van der Waals surface area contributed by atoms with Gasteiger partial charge in [0.25, 0.3) is 0 Å². The van der Waals surface area contributed by atoms with Crippen molar-refractivity contribution < 1.29 is 9.18 Å². The highest BCUT2D eigenvalue weighted by atomic mass is 19.1. The summed E-state index contributed by atoms with van der Waals surface area (Å²) in [5, 5.41) is 7.35. The molecule has 4 nitrogen and oxygen atoms in total. The molecular formula is C17H14FN3O. The quantitative estimate of drug-likeness (QED) is 0.620. The zero-order valence-electron chi connectivity index (χ0n) is 11.6. The van der Waals surface area contributed by atoms with E-state index in [1.54, 1.807) is 0 Å². The maximum atomic E-state index is 13.0. The Balaban J connectivity index is 1.81. The predicted molar refractivity (Wildman–Crippen MR) is 87.4 cm³/mol. The van der Waals surface area contributed by atoms with Crippen LogP contribution >= 0.6 is 0 Å². The lowest BCUT2D eigenvalue weighted by atomic mass is 10.1. The summed E-state index contributed by atoms with van der Waals surface area (Å²) < 4.78 is 13.0. The lowest BCUT2D eigenvalue weighted by molar-refractivity contribution is 0.262. The Kier molecular flexibility index (Phi) is 3.62. The Labute approximate surface area is 126 Å². The van der Waals surface area contributed by atoms with Crippen LogP contribution in [0.3, 0.4) is 0 Å². The fraction of sp³-hybridized carbons (Fsp3) is 0. The normalized spacial score (nSPS) is 10.4. The molecule has 2 amide bonds. The predicted octanol–water partition coefficient (Wildman–Crippen LogP) is 4.21. The first-order chi connectivity index (χ1) is 10.6. The number of benzene rings is 3. The van der Waals surface area contributed by atoms with Crippen LogP contribution in [0.4, 0.5) is 26.2 Å². The van der Waals surface area contributed by atoms with Crippen molar-refractivity contribution in [2.24, 2.45) is 0 Å². The molecule has 22 heavy (non-hydrogen) atoms. The van der Waals surface area contributed by atoms with Gasteiger partial charge in [0.15, 0.2) is 0 Å². The number of fused-ring (bicyclic) bond motifs is 1. The number of hydrogen-bond acceptors (Lipinski definition) is 2. The molecule has 4 N–H and O–H groups in total. The standard InChI is InChI=1S/C17H14FN3O/c18-12-8-9-16(14(19)10-12)21-17(22)20-15-7-3-5-11-4-1-2-6-13(11)15/h1-10H,19H2,(H2,20,21,22). The number of carbonyl (C=O) groups excluding carboxylic acids is 1. The average molecular weight is 295 g/mol. The summed E-state index contributed by atoms with van der Waals surface area (Å²) in [6, 6.07) is 16.8. The van der Waals surface area contributed by atoms with E-state index < -0.39 is 11.8 Å². The number of halogens is 1. The van der Waals surface area contributed by atoms with Crippen molar-refractivity contribution >= 4 is 33.9 Å². The molecule has 0 saturated carbocycles. The third-order valence-electron chi connectivity index (χ3n) is 3.30. The van der Waals surface area contributed by atoms with Gasteiger partial charge in [-0.05, 0) is 29.7 Å². The van der Waals surface area contributed by atoms with Crippen LogP contribution in [0.25, 0.3) is 10.8 Å². The second-order valence-corrected chi connectivity index (χ2v) is 4.84. The molecule has 3 rings (SSSR count). The van der Waals surface area contributed by atoms with Crippen LogP contribution in [0.15, 0.2) is 60.7 Å². The molecule has 3 aromatic rings. The number of nitrogen functional groups attached to an aromatic ring is 1. The Morgan fingerprint density at radius 3 is 2.45 bits per heavy atom. The molecule has 0 radical (unpaired) electrons. The monoisotopic (exact) mass is 295 g/mol. The van der Waals surface area contributed by atoms with Crippen molar-refractivity contribution in [1.82, 2.24) is 0 Å². The number of rotatable bonds is 2. The van der Waals surface area contributed by atoms with Gasteiger partial charge in [0.2, 0.25) is 0 Å². The highest BCUT2D eigenvalue weighted by molar-refractivity contribution is 6.07. The van der Waals surface area contributed by atoms with Gasteiger partial charge in [0.1, 0.15) is 5.82 Å². The largest absolute Gasteiger partial charge is 0.397 e. The van der Waals surface area contributed by atoms with Crippen molar-refractivity contribution in [3.05, 3.63) is 66.5 Å². The topological polar surface area (TPSA) is 67.1 Å². The first-order valence-electron chi connectivity index (χ1n) is 6.74. The summed E-state index contributed by atoms with van der Waals surface area (Å²) in [6.07, 6.45) is 0. The molecule has 0 fully saturated rings. The van der Waals surface area contributed by atoms with Gasteiger partial charge in [0, 0.05) is 5.39 Å². The van der Waals surface area contributed by atoms with Gasteiger partial charge in [0.05, 0.1) is 17.1 Å². The summed E-state index contributed by atoms with van der Waals surface area (Å²) in [6.45, 7) is 0. The van der Waals surface area contributed by atoms with Gasteiger partial charge in [-0.25, -0.2) is 9.18 Å². The Hall–Kier alpha value is -3.08. The SMILES string of the molecule is Nc1cc(F)ccc1NC(=O)Nc1cccc2ccccc12. The smallest absolute Gasteiger partial charge is 0.323 e. The molecule has 0 spiro atoms. The van der Waals surface area contributed by atoms with Crippen molar-refractivity contribution in [3.8, 4) is 0 Å². The first kappa shape index (κ1) is 13.9. The third kappa shape index (κ3) is 2.83. The highest BCUT2D eigenvalue weighted by Crippen LogP contribution is 2.24. The lowest BCUT2D eigenvalue weighted by Gasteiger charge is -2.11. The molecule has 3 aromatic carbocycles. The second-order valence-electron chi connectivity index (χ2n) is 4.84. The summed E-state index contributed by atoms with van der Waals surface area (Å²) >= 11 is 0. The summed E-state index contributed by atoms with van der Waals surface area (Å²) in [5.74, 6) is -0.447. The van der Waals surface area contributed by atoms with Gasteiger partial charge in [-0.1, -0.05) is 36.4 Å². The van der Waals surface area contributed by atoms with Crippen LogP contribution in [-0.2, 0) is 0 Å². The minimum Gasteiger partial charge on any atom is -0.397 e. The molecule has 0 aliphatic carbocycles. The number of amides is 2. The van der Waals surface area contributed by atoms with E-state index in [2.05, 4.69) is 10.6 Å². The van der Waals surface area contributed by atoms with Crippen molar-refractivity contribution in [2.75, 3.05) is 16.4 Å². The van der Waals surface area contributed by atoms with Crippen LogP contribution < -0.4 is 16.4 Å². The molecule has 0 aromatic heterocycles. The van der Waals surface area contributed by atoms with E-state index in [0.29, 0.717) is 11.4 Å². The lowest BCUT2D eigenvalue weighted by Crippen LogP contribution is -2.20. The number of carbonyl (C=O) groups is 1. The maximum absolute atomic E-state index is 13.0. The van der Waals surface area contributed by atoms with Gasteiger partial charge in [-0.3, -0.25) is 0 Å². The Morgan fingerprint density at radius 2 is 1.64 bits per heavy atom. The minimum atomic E-state index is -0.447. The Bertz CT molecular complexity index is 843. The molecule has 0 unspecified atom stereocenters. The van der Waals surface area contributed by atoms with Gasteiger partial charge < -0.3 is 16.4 Å². The van der Waals surface area contributed by atoms with E-state index in [1.165, 1.54) is 12.1 Å². The van der Waals surface area contributed by atoms with Crippen LogP contribution in [0.1, 0.15) is 0 Å². The number of urea groups is 1. The van der Waals surface area contributed by atoms with Gasteiger partial charge in [-0.2, -0.15) is 0 Å². The molecule has 0 aliphatic rings. The zero-order chi connectivity index (χ0) is 15.5. The maximum Gasteiger partial charge on any atom is 0.323 e. The van der Waals surface area contributed by atoms with E-state index in [-0.39, 0.29) is 5.69 Å². The highest BCUT2D eigenvalue weighted by Gasteiger charge is 2.08. The number of anilines is 3. The molecule has 5 heteroatoms. The number of nitrogens with two attached hydrogens (primary N) is 1. The van der Waals surface area contributed by atoms with E-state index in [9.17, 15) is 9.18 Å². The third-order valence-corrected chi connectivity index (χ3v) is 3.30. The second kappa shape index (κ2) is 5.73. The van der Waals surface area contributed by atoms with Crippen molar-refractivity contribution in [2.45, 2.75) is 0 Å². The zero-order valence-corrected chi connectivity index (χ0v) is 11.6. The van der Waals surface area contributed by atoms with E-state index in [0.717, 1.165) is 16.8 Å². The van der Waals surface area contributed by atoms with Crippen LogP contribution in [0, 0.1) is 5.82 Å². The van der Waals surface area contributed by atoms with Gasteiger partial charge in [-0.15, -0.1) is 0 Å². The summed E-state index contributed by atoms with van der Waals surface area (Å²) in [5.41, 5.74) is 6.90. The number of hydrogen-bond donors (Lipinski definition) is 3. The number of nitrogens with one attached hydrogen (secondary N) is 2. The molecule has 0 aliphatic heterocycles. The molecule has 0 atom stereocenters. The minimum absolute atomic E-state index is 0.174. The fourth-order valence-electron chi connectivity index (χ4n) is 2.26. The van der Waals surface area contributed by atoms with Crippen molar-refractivity contribution in [1.29, 1.82) is 0 Å². The molecule has 110 valence electrons. The van der Waals surface area contributed by atoms with Crippen LogP contribution in [0.5, 0.6) is 0 Å². The molecule has 0 bridgehead atoms. The van der Waals surface area contributed by atoms with Crippen molar-refractivity contribution in [3.63, 3.8) is 0 Å². The van der Waals surface area contributed by atoms with E-state index >= 15 is 0 Å². The summed E-state index contributed by atoms with van der Waals surface area (Å²) in [7, 11) is 0. The molecule has 0 heterocycles. The van der Waals surface area contributed by atoms with Crippen LogP contribution in [-0.4, -0.2) is 6.03 Å². The Morgan fingerprint density at radius 1 is 0.909 bits per heavy atom. The first-order valence-corrected chi connectivity index (χ1v) is 6.74. The van der Waals surface area contributed by atoms with Crippen LogP contribution in [0.2, 0.25) is 0 Å².